The topological polar surface area (TPSA) is 3.24 Å². The van der Waals surface area contributed by atoms with Crippen LogP contribution in [0.4, 0.5) is 0 Å². The van der Waals surface area contributed by atoms with Crippen LogP contribution < -0.4 is 0 Å². The number of likely N-dealkylation sites (tertiary alicyclic amines) is 1. The van der Waals surface area contributed by atoms with Gasteiger partial charge in [0.05, 0.1) is 5.16 Å². The molecule has 0 aliphatic carbocycles. The molecule has 0 aromatic carbocycles. The Morgan fingerprint density at radius 2 is 2.14 bits per heavy atom. The third-order valence-corrected chi connectivity index (χ3v) is 1.44. The Kier molecular flexibility index (Phi) is 1.24. The highest BCUT2D eigenvalue weighted by atomic mass is 35.5. The van der Waals surface area contributed by atoms with Gasteiger partial charge in [0.1, 0.15) is 0 Å². The molecule has 0 aromatic heterocycles. The molecule has 2 heteroatoms. The van der Waals surface area contributed by atoms with E-state index in [2.05, 4.69) is 6.58 Å². The van der Waals surface area contributed by atoms with Gasteiger partial charge in [-0.2, -0.15) is 0 Å². The fourth-order valence-corrected chi connectivity index (χ4v) is 0.728. The average Bonchev–Trinajstić information content (AvgIpc) is 1.23. The molecule has 0 bridgehead atoms. The highest BCUT2D eigenvalue weighted by molar-refractivity contribution is 6.28. The fourth-order valence-electron chi connectivity index (χ4n) is 0.559. The Bertz CT molecular complexity index is 86.1. The molecule has 0 aromatic rings. The van der Waals surface area contributed by atoms with E-state index in [0.29, 0.717) is 5.16 Å². The van der Waals surface area contributed by atoms with Gasteiger partial charge in [0, 0.05) is 13.1 Å². The maximum Gasteiger partial charge on any atom is 0.0970 e. The van der Waals surface area contributed by atoms with Crippen molar-refractivity contribution in [3.63, 3.8) is 0 Å². The Balaban J connectivity index is 2.27. The Labute approximate surface area is 48.6 Å². The third kappa shape index (κ3) is 0.885. The molecule has 1 rings (SSSR count). The van der Waals surface area contributed by atoms with E-state index < -0.39 is 0 Å². The van der Waals surface area contributed by atoms with Gasteiger partial charge >= 0.3 is 0 Å². The normalized spacial score (nSPS) is 18.7. The summed E-state index contributed by atoms with van der Waals surface area (Å²) >= 11 is 5.51. The minimum Gasteiger partial charge on any atom is -0.363 e. The van der Waals surface area contributed by atoms with Gasteiger partial charge in [-0.25, -0.2) is 0 Å². The summed E-state index contributed by atoms with van der Waals surface area (Å²) in [6, 6.07) is 0. The van der Waals surface area contributed by atoms with Crippen LogP contribution in [0.3, 0.4) is 0 Å². The second-order valence-corrected chi connectivity index (χ2v) is 2.15. The van der Waals surface area contributed by atoms with Gasteiger partial charge in [-0.15, -0.1) is 0 Å². The maximum absolute atomic E-state index is 5.51. The fraction of sp³-hybridized carbons (Fsp3) is 0.600. The monoisotopic (exact) mass is 117 g/mol. The summed E-state index contributed by atoms with van der Waals surface area (Å²) in [5.74, 6) is 0. The van der Waals surface area contributed by atoms with Crippen LogP contribution in [0.1, 0.15) is 6.42 Å². The van der Waals surface area contributed by atoms with Gasteiger partial charge in [-0.1, -0.05) is 18.2 Å². The van der Waals surface area contributed by atoms with Crippen LogP contribution in [0.2, 0.25) is 0 Å². The molecule has 1 aliphatic heterocycles. The van der Waals surface area contributed by atoms with E-state index in [4.69, 9.17) is 11.6 Å². The first-order valence-electron chi connectivity index (χ1n) is 2.40. The number of nitrogens with zero attached hydrogens (tertiary/aromatic N) is 1. The summed E-state index contributed by atoms with van der Waals surface area (Å²) in [6.07, 6.45) is 1.27. The van der Waals surface area contributed by atoms with Crippen LogP contribution in [0.25, 0.3) is 0 Å². The van der Waals surface area contributed by atoms with Gasteiger partial charge in [-0.05, 0) is 6.42 Å². The summed E-state index contributed by atoms with van der Waals surface area (Å²) in [7, 11) is 0. The first kappa shape index (κ1) is 4.98. The Hall–Kier alpha value is -0.170. The second kappa shape index (κ2) is 1.74. The van der Waals surface area contributed by atoms with Crippen LogP contribution >= 0.6 is 11.6 Å². The van der Waals surface area contributed by atoms with Crippen molar-refractivity contribution in [3.05, 3.63) is 11.7 Å². The number of hydrogen-bond donors (Lipinski definition) is 0. The largest absolute Gasteiger partial charge is 0.363 e. The number of halogens is 1. The maximum atomic E-state index is 5.51. The van der Waals surface area contributed by atoms with Crippen LogP contribution in [0.5, 0.6) is 0 Å². The molecule has 1 fully saturated rings. The summed E-state index contributed by atoms with van der Waals surface area (Å²) < 4.78 is 0. The minimum absolute atomic E-state index is 0.686. The zero-order chi connectivity index (χ0) is 5.28. The van der Waals surface area contributed by atoms with Gasteiger partial charge in [-0.3, -0.25) is 0 Å². The summed E-state index contributed by atoms with van der Waals surface area (Å²) in [5.41, 5.74) is 0. The molecule has 7 heavy (non-hydrogen) atoms. The van der Waals surface area contributed by atoms with Crippen molar-refractivity contribution < 1.29 is 0 Å². The molecule has 1 saturated heterocycles. The van der Waals surface area contributed by atoms with Crippen molar-refractivity contribution in [1.29, 1.82) is 0 Å². The summed E-state index contributed by atoms with van der Waals surface area (Å²) in [5, 5.41) is 0.686. The SMILES string of the molecule is C=C(Cl)N1CCC1. The molecule has 0 atom stereocenters. The molecule has 0 saturated carbocycles. The van der Waals surface area contributed by atoms with E-state index in [1.807, 2.05) is 4.90 Å². The van der Waals surface area contributed by atoms with Gasteiger partial charge in [0.15, 0.2) is 0 Å². The summed E-state index contributed by atoms with van der Waals surface area (Å²) in [4.78, 5) is 2.04. The highest BCUT2D eigenvalue weighted by Gasteiger charge is 2.12. The van der Waals surface area contributed by atoms with Crippen LogP contribution in [0.15, 0.2) is 11.7 Å². The lowest BCUT2D eigenvalue weighted by atomic mass is 10.2. The molecule has 1 heterocycles. The van der Waals surface area contributed by atoms with E-state index >= 15 is 0 Å². The molecule has 0 amide bonds. The zero-order valence-corrected chi connectivity index (χ0v) is 4.91. The first-order chi connectivity index (χ1) is 3.30. The predicted molar refractivity (Wildman–Crippen MR) is 31.2 cm³/mol. The molecule has 0 N–H and O–H groups in total. The smallest absolute Gasteiger partial charge is 0.0970 e. The van der Waals surface area contributed by atoms with Crippen LogP contribution in [-0.4, -0.2) is 18.0 Å². The van der Waals surface area contributed by atoms with Gasteiger partial charge < -0.3 is 4.90 Å². The lowest BCUT2D eigenvalue weighted by Crippen LogP contribution is -2.34. The van der Waals surface area contributed by atoms with Crippen molar-refractivity contribution in [3.8, 4) is 0 Å². The molecule has 0 unspecified atom stereocenters. The molecule has 0 spiro atoms. The van der Waals surface area contributed by atoms with Gasteiger partial charge in [0.2, 0.25) is 0 Å². The van der Waals surface area contributed by atoms with Crippen molar-refractivity contribution in [2.45, 2.75) is 6.42 Å². The van der Waals surface area contributed by atoms with Gasteiger partial charge in [0.25, 0.3) is 0 Å². The predicted octanol–water partition coefficient (Wildman–Crippen LogP) is 1.40. The molecule has 0 radical (unpaired) electrons. The average molecular weight is 118 g/mol. The van der Waals surface area contributed by atoms with Crippen molar-refractivity contribution in [2.75, 3.05) is 13.1 Å². The Morgan fingerprint density at radius 3 is 2.14 bits per heavy atom. The van der Waals surface area contributed by atoms with E-state index in [9.17, 15) is 0 Å². The van der Waals surface area contributed by atoms with E-state index in [1.54, 1.807) is 0 Å². The third-order valence-electron chi connectivity index (χ3n) is 1.20. The highest BCUT2D eigenvalue weighted by Crippen LogP contribution is 2.14. The van der Waals surface area contributed by atoms with Crippen molar-refractivity contribution in [2.24, 2.45) is 0 Å². The zero-order valence-electron chi connectivity index (χ0n) is 4.15. The minimum atomic E-state index is 0.686. The van der Waals surface area contributed by atoms with Crippen LogP contribution in [0, 0.1) is 0 Å². The molecule has 1 nitrogen and oxygen atoms in total. The lowest BCUT2D eigenvalue weighted by Gasteiger charge is -2.31. The van der Waals surface area contributed by atoms with E-state index in [-0.39, 0.29) is 0 Å². The van der Waals surface area contributed by atoms with Crippen molar-refractivity contribution >= 4 is 11.6 Å². The second-order valence-electron chi connectivity index (χ2n) is 1.72. The van der Waals surface area contributed by atoms with Crippen LogP contribution in [-0.2, 0) is 0 Å². The van der Waals surface area contributed by atoms with E-state index in [1.165, 1.54) is 6.42 Å². The number of rotatable bonds is 1. The lowest BCUT2D eigenvalue weighted by molar-refractivity contribution is 0.256. The number of hydrogen-bond acceptors (Lipinski definition) is 1. The molecule has 40 valence electrons. The molecular weight excluding hydrogens is 110 g/mol. The molecular formula is C5H8ClN. The molecule has 1 aliphatic rings. The quantitative estimate of drug-likeness (QED) is 0.470. The Morgan fingerprint density at radius 1 is 1.57 bits per heavy atom. The summed E-state index contributed by atoms with van der Waals surface area (Å²) in [6.45, 7) is 5.77. The standard InChI is InChI=1S/C5H8ClN/c1-5(6)7-3-2-4-7/h1-4H2. The van der Waals surface area contributed by atoms with E-state index in [0.717, 1.165) is 13.1 Å². The van der Waals surface area contributed by atoms with Crippen molar-refractivity contribution in [1.82, 2.24) is 4.90 Å². The first-order valence-corrected chi connectivity index (χ1v) is 2.78.